The first kappa shape index (κ1) is 74.1. The highest BCUT2D eigenvalue weighted by molar-refractivity contribution is 5.71. The molecule has 0 aliphatic carbocycles. The topological polar surface area (TPSA) is 78.9 Å². The SMILES string of the molecule is CCCCC/C=C\C/C=C\C/C=C\C/C=C\CCCCCC(=O)OC[C@H](COC(=O)CCCCCCCCCCCCC/C=C\CCCCCCCC)OC(=O)CCCCCCCCCCCCCCCCCCCCC. The molecule has 0 aliphatic rings. The van der Waals surface area contributed by atoms with Crippen LogP contribution >= 0.6 is 0 Å². The van der Waals surface area contributed by atoms with Gasteiger partial charge < -0.3 is 14.2 Å². The fourth-order valence-corrected chi connectivity index (χ4v) is 9.89. The number of carbonyl (C=O) groups is 3. The lowest BCUT2D eigenvalue weighted by atomic mass is 10.0. The molecule has 1 atom stereocenters. The van der Waals surface area contributed by atoms with E-state index in [-0.39, 0.29) is 31.1 Å². The minimum atomic E-state index is -0.787. The van der Waals surface area contributed by atoms with E-state index in [4.69, 9.17) is 14.2 Å². The van der Waals surface area contributed by atoms with Gasteiger partial charge in [-0.25, -0.2) is 0 Å². The van der Waals surface area contributed by atoms with Gasteiger partial charge in [-0.2, -0.15) is 0 Å². The number of rotatable bonds is 62. The van der Waals surface area contributed by atoms with Crippen molar-refractivity contribution in [2.45, 2.75) is 361 Å². The average molecular weight is 1080 g/mol. The van der Waals surface area contributed by atoms with Crippen molar-refractivity contribution < 1.29 is 28.6 Å². The van der Waals surface area contributed by atoms with E-state index in [1.54, 1.807) is 0 Å². The molecule has 0 N–H and O–H groups in total. The van der Waals surface area contributed by atoms with Crippen LogP contribution in [0.4, 0.5) is 0 Å². The summed E-state index contributed by atoms with van der Waals surface area (Å²) in [6.07, 6.45) is 83.7. The van der Waals surface area contributed by atoms with E-state index in [2.05, 4.69) is 81.5 Å². The number of hydrogen-bond donors (Lipinski definition) is 0. The van der Waals surface area contributed by atoms with Crippen LogP contribution in [0.2, 0.25) is 0 Å². The summed E-state index contributed by atoms with van der Waals surface area (Å²) in [5.41, 5.74) is 0. The summed E-state index contributed by atoms with van der Waals surface area (Å²) >= 11 is 0. The third-order valence-electron chi connectivity index (χ3n) is 15.0. The van der Waals surface area contributed by atoms with Crippen molar-refractivity contribution in [3.63, 3.8) is 0 Å². The molecule has 0 radical (unpaired) electrons. The minimum absolute atomic E-state index is 0.0813. The second-order valence-electron chi connectivity index (χ2n) is 22.7. The zero-order chi connectivity index (χ0) is 55.7. The van der Waals surface area contributed by atoms with E-state index >= 15 is 0 Å². The zero-order valence-electron chi connectivity index (χ0n) is 51.5. The Morgan fingerprint density at radius 2 is 0.468 bits per heavy atom. The Hall–Kier alpha value is -2.89. The van der Waals surface area contributed by atoms with Gasteiger partial charge in [0, 0.05) is 19.3 Å². The molecule has 0 heterocycles. The van der Waals surface area contributed by atoms with Gasteiger partial charge in [-0.15, -0.1) is 0 Å². The number of hydrogen-bond acceptors (Lipinski definition) is 6. The van der Waals surface area contributed by atoms with Gasteiger partial charge in [0.2, 0.25) is 0 Å². The fourth-order valence-electron chi connectivity index (χ4n) is 9.89. The van der Waals surface area contributed by atoms with Crippen molar-refractivity contribution in [1.82, 2.24) is 0 Å². The molecule has 448 valence electrons. The van der Waals surface area contributed by atoms with Gasteiger partial charge in [0.25, 0.3) is 0 Å². The molecule has 0 aromatic heterocycles. The van der Waals surface area contributed by atoms with Gasteiger partial charge in [0.15, 0.2) is 6.10 Å². The molecule has 0 saturated heterocycles. The predicted molar refractivity (Wildman–Crippen MR) is 335 cm³/mol. The normalized spacial score (nSPS) is 12.4. The molecule has 0 saturated carbocycles. The van der Waals surface area contributed by atoms with Crippen molar-refractivity contribution in [2.75, 3.05) is 13.2 Å². The Balaban J connectivity index is 4.39. The predicted octanol–water partition coefficient (Wildman–Crippen LogP) is 23.1. The maximum atomic E-state index is 12.9. The number of allylic oxidation sites excluding steroid dienone is 10. The van der Waals surface area contributed by atoms with E-state index in [0.717, 1.165) is 83.5 Å². The van der Waals surface area contributed by atoms with Crippen LogP contribution in [-0.2, 0) is 28.6 Å². The van der Waals surface area contributed by atoms with Gasteiger partial charge in [-0.05, 0) is 89.9 Å². The van der Waals surface area contributed by atoms with Crippen LogP contribution < -0.4 is 0 Å². The van der Waals surface area contributed by atoms with Gasteiger partial charge in [-0.3, -0.25) is 14.4 Å². The largest absolute Gasteiger partial charge is 0.462 e. The molecule has 0 aromatic carbocycles. The first-order valence-electron chi connectivity index (χ1n) is 33.8. The molecular weight excluding hydrogens is 949 g/mol. The first-order valence-corrected chi connectivity index (χ1v) is 33.8. The first-order chi connectivity index (χ1) is 38.0. The smallest absolute Gasteiger partial charge is 0.306 e. The van der Waals surface area contributed by atoms with Crippen molar-refractivity contribution in [2.24, 2.45) is 0 Å². The van der Waals surface area contributed by atoms with Gasteiger partial charge >= 0.3 is 17.9 Å². The summed E-state index contributed by atoms with van der Waals surface area (Å²) in [5.74, 6) is -0.891. The van der Waals surface area contributed by atoms with Crippen molar-refractivity contribution >= 4 is 17.9 Å². The van der Waals surface area contributed by atoms with Crippen molar-refractivity contribution in [1.29, 1.82) is 0 Å². The van der Waals surface area contributed by atoms with E-state index in [0.29, 0.717) is 19.3 Å². The van der Waals surface area contributed by atoms with E-state index in [1.165, 1.54) is 231 Å². The van der Waals surface area contributed by atoms with Crippen LogP contribution in [-0.4, -0.2) is 37.2 Å². The summed E-state index contributed by atoms with van der Waals surface area (Å²) < 4.78 is 17.0. The third-order valence-corrected chi connectivity index (χ3v) is 15.0. The molecule has 0 unspecified atom stereocenters. The Labute approximate surface area is 479 Å². The lowest BCUT2D eigenvalue weighted by Gasteiger charge is -2.18. The molecule has 6 nitrogen and oxygen atoms in total. The fraction of sp³-hybridized carbons (Fsp3) is 0.817. The minimum Gasteiger partial charge on any atom is -0.462 e. The summed E-state index contributed by atoms with van der Waals surface area (Å²) in [5, 5.41) is 0. The molecule has 0 rings (SSSR count). The van der Waals surface area contributed by atoms with Gasteiger partial charge in [-0.1, -0.05) is 306 Å². The Morgan fingerprint density at radius 3 is 0.779 bits per heavy atom. The second-order valence-corrected chi connectivity index (χ2v) is 22.7. The second kappa shape index (κ2) is 65.6. The van der Waals surface area contributed by atoms with Crippen molar-refractivity contribution in [3.8, 4) is 0 Å². The summed E-state index contributed by atoms with van der Waals surface area (Å²) in [6, 6.07) is 0. The highest BCUT2D eigenvalue weighted by Crippen LogP contribution is 2.17. The monoisotopic (exact) mass is 1080 g/mol. The quantitative estimate of drug-likeness (QED) is 0.0261. The lowest BCUT2D eigenvalue weighted by molar-refractivity contribution is -0.167. The van der Waals surface area contributed by atoms with E-state index < -0.39 is 6.10 Å². The highest BCUT2D eigenvalue weighted by atomic mass is 16.6. The van der Waals surface area contributed by atoms with Crippen LogP contribution in [0.25, 0.3) is 0 Å². The Morgan fingerprint density at radius 1 is 0.260 bits per heavy atom. The van der Waals surface area contributed by atoms with Crippen LogP contribution in [0, 0.1) is 0 Å². The summed E-state index contributed by atoms with van der Waals surface area (Å²) in [6.45, 7) is 6.64. The maximum absolute atomic E-state index is 12.9. The molecule has 0 aliphatic heterocycles. The third kappa shape index (κ3) is 63.8. The van der Waals surface area contributed by atoms with Crippen LogP contribution in [0.5, 0.6) is 0 Å². The molecule has 0 fully saturated rings. The summed E-state index contributed by atoms with van der Waals surface area (Å²) in [7, 11) is 0. The summed E-state index contributed by atoms with van der Waals surface area (Å²) in [4.78, 5) is 38.4. The molecule has 6 heteroatoms. The standard InChI is InChI=1S/C71H128O6/c1-4-7-10-13-16-19-22-25-28-31-34-35-38-40-43-46-49-52-55-58-61-64-70(73)76-67-68(77-71(74)65-62-59-56-53-50-47-44-41-37-33-30-27-24-21-18-15-12-9-6-3)66-75-69(72)63-60-57-54-51-48-45-42-39-36-32-29-26-23-20-17-14-11-8-5-2/h17,20,25-26,28-29,36,39,45,48,68H,4-16,18-19,21-24,27,30-35,37-38,40-44,46-47,49-67H2,1-3H3/b20-17-,28-25-,29-26-,39-36-,48-45-/t68-/m1/s1. The Kier molecular flexibility index (Phi) is 63.2. The molecule has 0 aromatic rings. The van der Waals surface area contributed by atoms with Crippen LogP contribution in [0.3, 0.4) is 0 Å². The number of carbonyl (C=O) groups excluding carboxylic acids is 3. The average Bonchev–Trinajstić information content (AvgIpc) is 3.43. The highest BCUT2D eigenvalue weighted by Gasteiger charge is 2.19. The molecular formula is C71H128O6. The number of unbranched alkanes of at least 4 members (excludes halogenated alkanes) is 41. The van der Waals surface area contributed by atoms with Gasteiger partial charge in [0.05, 0.1) is 0 Å². The number of esters is 3. The molecule has 0 spiro atoms. The number of ether oxygens (including phenoxy) is 3. The van der Waals surface area contributed by atoms with Crippen LogP contribution in [0.1, 0.15) is 355 Å². The molecule has 0 amide bonds. The lowest BCUT2D eigenvalue weighted by Crippen LogP contribution is -2.30. The van der Waals surface area contributed by atoms with E-state index in [1.807, 2.05) is 0 Å². The Bertz CT molecular complexity index is 1380. The van der Waals surface area contributed by atoms with Gasteiger partial charge in [0.1, 0.15) is 13.2 Å². The van der Waals surface area contributed by atoms with E-state index in [9.17, 15) is 14.4 Å². The maximum Gasteiger partial charge on any atom is 0.306 e. The zero-order valence-corrected chi connectivity index (χ0v) is 51.5. The van der Waals surface area contributed by atoms with Crippen molar-refractivity contribution in [3.05, 3.63) is 60.8 Å². The van der Waals surface area contributed by atoms with Crippen LogP contribution in [0.15, 0.2) is 60.8 Å². The molecule has 0 bridgehead atoms. The molecule has 77 heavy (non-hydrogen) atoms.